The SMILES string of the molecule is O=C(O)c1[nH]ncc1C=CCCS. The second kappa shape index (κ2) is 4.71. The van der Waals surface area contributed by atoms with Gasteiger partial charge < -0.3 is 5.11 Å². The normalized spacial score (nSPS) is 10.8. The molecule has 0 radical (unpaired) electrons. The van der Waals surface area contributed by atoms with Crippen molar-refractivity contribution >= 4 is 24.7 Å². The molecular weight excluding hydrogens is 188 g/mol. The number of carbonyl (C=O) groups is 1. The molecule has 0 aromatic carbocycles. The molecule has 1 aromatic heterocycles. The summed E-state index contributed by atoms with van der Waals surface area (Å²) in [7, 11) is 0. The quantitative estimate of drug-likeness (QED) is 0.641. The Balaban J connectivity index is 2.76. The lowest BCUT2D eigenvalue weighted by atomic mass is 10.2. The van der Waals surface area contributed by atoms with Crippen LogP contribution in [0.3, 0.4) is 0 Å². The van der Waals surface area contributed by atoms with E-state index in [9.17, 15) is 4.79 Å². The average Bonchev–Trinajstić information content (AvgIpc) is 2.53. The van der Waals surface area contributed by atoms with E-state index in [0.717, 1.165) is 12.2 Å². The molecule has 1 aromatic rings. The number of aromatic carboxylic acids is 1. The smallest absolute Gasteiger partial charge is 0.354 e. The van der Waals surface area contributed by atoms with Crippen molar-refractivity contribution in [3.63, 3.8) is 0 Å². The fourth-order valence-corrected chi connectivity index (χ4v) is 1.03. The van der Waals surface area contributed by atoms with Gasteiger partial charge in [-0.05, 0) is 12.2 Å². The summed E-state index contributed by atoms with van der Waals surface area (Å²) in [5.41, 5.74) is 0.713. The first-order valence-corrected chi connectivity index (χ1v) is 4.43. The number of H-pyrrole nitrogens is 1. The fourth-order valence-electron chi connectivity index (χ4n) is 0.878. The molecule has 0 atom stereocenters. The largest absolute Gasteiger partial charge is 0.477 e. The standard InChI is InChI=1S/C8H10N2O2S/c11-8(12)7-6(5-9-10-7)3-1-2-4-13/h1,3,5,13H,2,4H2,(H,9,10)(H,11,12). The van der Waals surface area contributed by atoms with Crippen molar-refractivity contribution in [1.82, 2.24) is 10.2 Å². The number of hydrogen-bond donors (Lipinski definition) is 3. The summed E-state index contributed by atoms with van der Waals surface area (Å²) in [5.74, 6) is -0.250. The van der Waals surface area contributed by atoms with Crippen molar-refractivity contribution in [1.29, 1.82) is 0 Å². The van der Waals surface area contributed by atoms with E-state index in [0.29, 0.717) is 5.56 Å². The Hall–Kier alpha value is -1.23. The minimum Gasteiger partial charge on any atom is -0.477 e. The van der Waals surface area contributed by atoms with Gasteiger partial charge in [0.1, 0.15) is 0 Å². The molecule has 5 heteroatoms. The van der Waals surface area contributed by atoms with E-state index < -0.39 is 5.97 Å². The van der Waals surface area contributed by atoms with Gasteiger partial charge in [0.05, 0.1) is 6.20 Å². The van der Waals surface area contributed by atoms with Gasteiger partial charge in [-0.25, -0.2) is 4.79 Å². The Bertz CT molecular complexity index is 320. The van der Waals surface area contributed by atoms with Crippen LogP contribution in [0.25, 0.3) is 6.08 Å². The number of aromatic nitrogens is 2. The van der Waals surface area contributed by atoms with E-state index in [2.05, 4.69) is 22.8 Å². The van der Waals surface area contributed by atoms with Gasteiger partial charge in [0.25, 0.3) is 0 Å². The molecule has 0 bridgehead atoms. The van der Waals surface area contributed by atoms with Crippen LogP contribution in [-0.2, 0) is 0 Å². The summed E-state index contributed by atoms with van der Waals surface area (Å²) >= 11 is 4.03. The predicted molar refractivity (Wildman–Crippen MR) is 53.1 cm³/mol. The number of aromatic amines is 1. The molecule has 4 nitrogen and oxygen atoms in total. The Morgan fingerprint density at radius 3 is 3.15 bits per heavy atom. The number of thiol groups is 1. The van der Waals surface area contributed by atoms with Crippen LogP contribution in [0.15, 0.2) is 12.3 Å². The van der Waals surface area contributed by atoms with Gasteiger partial charge in [0, 0.05) is 5.56 Å². The maximum Gasteiger partial charge on any atom is 0.354 e. The van der Waals surface area contributed by atoms with Crippen LogP contribution in [-0.4, -0.2) is 27.0 Å². The summed E-state index contributed by atoms with van der Waals surface area (Å²) in [5, 5.41) is 14.7. The maximum atomic E-state index is 10.6. The van der Waals surface area contributed by atoms with Crippen LogP contribution < -0.4 is 0 Å². The highest BCUT2D eigenvalue weighted by atomic mass is 32.1. The van der Waals surface area contributed by atoms with Crippen LogP contribution in [0.2, 0.25) is 0 Å². The van der Waals surface area contributed by atoms with Gasteiger partial charge in [-0.15, -0.1) is 0 Å². The minimum absolute atomic E-state index is 0.121. The number of nitrogens with zero attached hydrogens (tertiary/aromatic N) is 1. The second-order valence-electron chi connectivity index (χ2n) is 2.42. The molecular formula is C8H10N2O2S. The zero-order valence-electron chi connectivity index (χ0n) is 6.90. The van der Waals surface area contributed by atoms with Gasteiger partial charge in [-0.1, -0.05) is 12.2 Å². The molecule has 0 spiro atoms. The van der Waals surface area contributed by atoms with E-state index >= 15 is 0 Å². The minimum atomic E-state index is -0.997. The Labute approximate surface area is 81.1 Å². The van der Waals surface area contributed by atoms with E-state index in [-0.39, 0.29) is 5.69 Å². The molecule has 1 heterocycles. The van der Waals surface area contributed by atoms with Crippen LogP contribution in [0.4, 0.5) is 0 Å². The Morgan fingerprint density at radius 2 is 2.54 bits per heavy atom. The Kier molecular flexibility index (Phi) is 3.57. The van der Waals surface area contributed by atoms with Crippen molar-refractivity contribution in [2.24, 2.45) is 0 Å². The fraction of sp³-hybridized carbons (Fsp3) is 0.250. The van der Waals surface area contributed by atoms with Crippen molar-refractivity contribution in [3.05, 3.63) is 23.5 Å². The summed E-state index contributed by atoms with van der Waals surface area (Å²) in [6, 6.07) is 0. The average molecular weight is 198 g/mol. The highest BCUT2D eigenvalue weighted by molar-refractivity contribution is 7.80. The molecule has 0 aliphatic rings. The molecule has 0 aliphatic carbocycles. The summed E-state index contributed by atoms with van der Waals surface area (Å²) in [6.07, 6.45) is 5.89. The number of hydrogen-bond acceptors (Lipinski definition) is 3. The molecule has 0 fully saturated rings. The molecule has 0 saturated heterocycles. The third-order valence-electron chi connectivity index (χ3n) is 1.48. The molecule has 13 heavy (non-hydrogen) atoms. The first-order valence-electron chi connectivity index (χ1n) is 3.79. The lowest BCUT2D eigenvalue weighted by molar-refractivity contribution is 0.0690. The summed E-state index contributed by atoms with van der Waals surface area (Å²) in [6.45, 7) is 0. The topological polar surface area (TPSA) is 66.0 Å². The monoisotopic (exact) mass is 198 g/mol. The molecule has 2 N–H and O–H groups in total. The second-order valence-corrected chi connectivity index (χ2v) is 2.87. The molecule has 0 aliphatic heterocycles. The number of allylic oxidation sites excluding steroid dienone is 1. The van der Waals surface area contributed by atoms with Crippen molar-refractivity contribution in [2.75, 3.05) is 5.75 Å². The molecule has 1 rings (SSSR count). The van der Waals surface area contributed by atoms with Crippen molar-refractivity contribution in [2.45, 2.75) is 6.42 Å². The third-order valence-corrected chi connectivity index (χ3v) is 1.73. The Morgan fingerprint density at radius 1 is 1.77 bits per heavy atom. The lowest BCUT2D eigenvalue weighted by Crippen LogP contribution is -1.98. The van der Waals surface area contributed by atoms with Gasteiger partial charge in [0.2, 0.25) is 0 Å². The van der Waals surface area contributed by atoms with Gasteiger partial charge in [-0.2, -0.15) is 17.7 Å². The maximum absolute atomic E-state index is 10.6. The van der Waals surface area contributed by atoms with Crippen molar-refractivity contribution < 1.29 is 9.90 Å². The molecule has 0 amide bonds. The number of carboxylic acid groups (broad SMARTS) is 1. The highest BCUT2D eigenvalue weighted by Gasteiger charge is 2.08. The molecule has 70 valence electrons. The van der Waals surface area contributed by atoms with Crippen LogP contribution in [0, 0.1) is 0 Å². The van der Waals surface area contributed by atoms with Gasteiger partial charge in [0.15, 0.2) is 5.69 Å². The zero-order valence-corrected chi connectivity index (χ0v) is 7.79. The highest BCUT2D eigenvalue weighted by Crippen LogP contribution is 2.07. The number of nitrogens with one attached hydrogen (secondary N) is 1. The summed E-state index contributed by atoms with van der Waals surface area (Å²) < 4.78 is 0. The molecule has 0 saturated carbocycles. The van der Waals surface area contributed by atoms with Crippen LogP contribution >= 0.6 is 12.6 Å². The van der Waals surface area contributed by atoms with Crippen LogP contribution in [0.1, 0.15) is 22.5 Å². The van der Waals surface area contributed by atoms with E-state index in [4.69, 9.17) is 5.11 Å². The number of carboxylic acids is 1. The van der Waals surface area contributed by atoms with E-state index in [1.807, 2.05) is 6.08 Å². The lowest BCUT2D eigenvalue weighted by Gasteiger charge is -1.89. The predicted octanol–water partition coefficient (Wildman–Crippen LogP) is 1.44. The van der Waals surface area contributed by atoms with E-state index in [1.165, 1.54) is 6.20 Å². The van der Waals surface area contributed by atoms with Gasteiger partial charge in [-0.3, -0.25) is 5.10 Å². The molecule has 0 unspecified atom stereocenters. The summed E-state index contributed by atoms with van der Waals surface area (Å²) in [4.78, 5) is 10.6. The number of rotatable bonds is 4. The van der Waals surface area contributed by atoms with Crippen LogP contribution in [0.5, 0.6) is 0 Å². The van der Waals surface area contributed by atoms with Gasteiger partial charge >= 0.3 is 5.97 Å². The first-order chi connectivity index (χ1) is 6.25. The zero-order chi connectivity index (χ0) is 9.68. The first kappa shape index (κ1) is 9.85. The van der Waals surface area contributed by atoms with Crippen molar-refractivity contribution in [3.8, 4) is 0 Å². The third kappa shape index (κ3) is 2.62. The van der Waals surface area contributed by atoms with E-state index in [1.54, 1.807) is 6.08 Å².